The van der Waals surface area contributed by atoms with Gasteiger partial charge in [0.15, 0.2) is 5.82 Å². The van der Waals surface area contributed by atoms with Crippen LogP contribution in [-0.4, -0.2) is 43.7 Å². The molecule has 1 unspecified atom stereocenters. The van der Waals surface area contributed by atoms with Gasteiger partial charge < -0.3 is 10.0 Å². The van der Waals surface area contributed by atoms with Gasteiger partial charge in [-0.2, -0.15) is 0 Å². The Balaban J connectivity index is 1.95. The number of hydrogen-bond donors (Lipinski definition) is 1. The Morgan fingerprint density at radius 3 is 3.14 bits per heavy atom. The molecule has 0 saturated carbocycles. The second-order valence-corrected chi connectivity index (χ2v) is 5.67. The zero-order valence-corrected chi connectivity index (χ0v) is 12.1. The van der Waals surface area contributed by atoms with E-state index < -0.39 is 11.4 Å². The standard InChI is InChI=1S/C14H19N5O2/c1-2-4-14(13(20)21)5-3-7-18(9-14)11-12-17-16-10-19(12)8-6-15-11/h6,8,10H,2-5,7,9H2,1H3,(H,20,21). The summed E-state index contributed by atoms with van der Waals surface area (Å²) in [6.45, 7) is 3.31. The molecular formula is C14H19N5O2. The number of rotatable bonds is 4. The Morgan fingerprint density at radius 2 is 2.38 bits per heavy atom. The maximum absolute atomic E-state index is 11.8. The molecule has 2 aromatic heterocycles. The molecule has 1 saturated heterocycles. The molecule has 0 amide bonds. The third-order valence-electron chi connectivity index (χ3n) is 4.26. The molecule has 3 rings (SSSR count). The van der Waals surface area contributed by atoms with Gasteiger partial charge in [-0.05, 0) is 19.3 Å². The van der Waals surface area contributed by atoms with E-state index >= 15 is 0 Å². The molecule has 1 N–H and O–H groups in total. The van der Waals surface area contributed by atoms with Crippen molar-refractivity contribution in [2.24, 2.45) is 5.41 Å². The Hall–Kier alpha value is -2.18. The molecule has 112 valence electrons. The minimum Gasteiger partial charge on any atom is -0.481 e. The molecule has 0 spiro atoms. The first kappa shape index (κ1) is 13.8. The third kappa shape index (κ3) is 2.32. The van der Waals surface area contributed by atoms with Crippen molar-refractivity contribution < 1.29 is 9.90 Å². The van der Waals surface area contributed by atoms with E-state index in [4.69, 9.17) is 0 Å². The fourth-order valence-corrected chi connectivity index (χ4v) is 3.24. The molecule has 7 nitrogen and oxygen atoms in total. The normalized spacial score (nSPS) is 22.6. The van der Waals surface area contributed by atoms with Crippen LogP contribution in [0.1, 0.15) is 32.6 Å². The minimum atomic E-state index is -0.706. The second kappa shape index (κ2) is 5.31. The largest absolute Gasteiger partial charge is 0.481 e. The summed E-state index contributed by atoms with van der Waals surface area (Å²) in [5.74, 6) is 0.0129. The Morgan fingerprint density at radius 1 is 1.52 bits per heavy atom. The fourth-order valence-electron chi connectivity index (χ4n) is 3.24. The Bertz CT molecular complexity index is 652. The summed E-state index contributed by atoms with van der Waals surface area (Å²) in [7, 11) is 0. The molecule has 21 heavy (non-hydrogen) atoms. The van der Waals surface area contributed by atoms with Crippen molar-refractivity contribution in [1.82, 2.24) is 19.6 Å². The average Bonchev–Trinajstić information content (AvgIpc) is 2.96. The number of aliphatic carboxylic acids is 1. The van der Waals surface area contributed by atoms with Gasteiger partial charge in [0.2, 0.25) is 5.65 Å². The van der Waals surface area contributed by atoms with E-state index in [0.29, 0.717) is 18.6 Å². The van der Waals surface area contributed by atoms with Crippen LogP contribution in [-0.2, 0) is 4.79 Å². The molecule has 1 aliphatic heterocycles. The van der Waals surface area contributed by atoms with Crippen molar-refractivity contribution in [1.29, 1.82) is 0 Å². The van der Waals surface area contributed by atoms with Crippen LogP contribution in [0.2, 0.25) is 0 Å². The number of aromatic nitrogens is 4. The van der Waals surface area contributed by atoms with Crippen LogP contribution >= 0.6 is 0 Å². The molecule has 7 heteroatoms. The molecule has 3 heterocycles. The van der Waals surface area contributed by atoms with Crippen molar-refractivity contribution in [2.75, 3.05) is 18.0 Å². The third-order valence-corrected chi connectivity index (χ3v) is 4.26. The lowest BCUT2D eigenvalue weighted by molar-refractivity contribution is -0.150. The zero-order chi connectivity index (χ0) is 14.9. The number of nitrogens with zero attached hydrogens (tertiary/aromatic N) is 5. The number of carboxylic acid groups (broad SMARTS) is 1. The number of fused-ring (bicyclic) bond motifs is 1. The Kier molecular flexibility index (Phi) is 3.48. The second-order valence-electron chi connectivity index (χ2n) is 5.67. The van der Waals surface area contributed by atoms with Crippen LogP contribution in [0.5, 0.6) is 0 Å². The van der Waals surface area contributed by atoms with Crippen molar-refractivity contribution in [2.45, 2.75) is 32.6 Å². The van der Waals surface area contributed by atoms with Gasteiger partial charge in [0, 0.05) is 25.5 Å². The van der Waals surface area contributed by atoms with Gasteiger partial charge in [-0.1, -0.05) is 13.3 Å². The van der Waals surface area contributed by atoms with E-state index in [1.54, 1.807) is 23.1 Å². The quantitative estimate of drug-likeness (QED) is 0.920. The van der Waals surface area contributed by atoms with Gasteiger partial charge in [0.05, 0.1) is 5.41 Å². The average molecular weight is 289 g/mol. The molecule has 0 radical (unpaired) electrons. The molecule has 1 atom stereocenters. The monoisotopic (exact) mass is 289 g/mol. The fraction of sp³-hybridized carbons (Fsp3) is 0.571. The highest BCUT2D eigenvalue weighted by Gasteiger charge is 2.42. The highest BCUT2D eigenvalue weighted by molar-refractivity contribution is 5.76. The van der Waals surface area contributed by atoms with E-state index in [9.17, 15) is 9.90 Å². The first-order chi connectivity index (χ1) is 10.2. The summed E-state index contributed by atoms with van der Waals surface area (Å²) in [6.07, 6.45) is 8.24. The lowest BCUT2D eigenvalue weighted by Crippen LogP contribution is -2.48. The summed E-state index contributed by atoms with van der Waals surface area (Å²) >= 11 is 0. The lowest BCUT2D eigenvalue weighted by Gasteiger charge is -2.40. The molecule has 1 fully saturated rings. The molecule has 2 aromatic rings. The maximum Gasteiger partial charge on any atom is 0.311 e. The number of carbonyl (C=O) groups is 1. The molecule has 1 aliphatic rings. The van der Waals surface area contributed by atoms with Crippen LogP contribution in [0.3, 0.4) is 0 Å². The lowest BCUT2D eigenvalue weighted by atomic mass is 9.76. The van der Waals surface area contributed by atoms with E-state index in [-0.39, 0.29) is 0 Å². The summed E-state index contributed by atoms with van der Waals surface area (Å²) in [4.78, 5) is 18.2. The summed E-state index contributed by atoms with van der Waals surface area (Å²) in [5, 5.41) is 17.7. The van der Waals surface area contributed by atoms with Crippen molar-refractivity contribution in [3.8, 4) is 0 Å². The summed E-state index contributed by atoms with van der Waals surface area (Å²) in [5.41, 5.74) is -0.00294. The van der Waals surface area contributed by atoms with Gasteiger partial charge in [-0.15, -0.1) is 10.2 Å². The van der Waals surface area contributed by atoms with Crippen molar-refractivity contribution in [3.05, 3.63) is 18.7 Å². The highest BCUT2D eigenvalue weighted by atomic mass is 16.4. The number of carboxylic acids is 1. The molecule has 0 aromatic carbocycles. The number of hydrogen-bond acceptors (Lipinski definition) is 5. The van der Waals surface area contributed by atoms with E-state index in [0.717, 1.165) is 31.6 Å². The predicted molar refractivity (Wildman–Crippen MR) is 77.2 cm³/mol. The van der Waals surface area contributed by atoms with Crippen LogP contribution in [0.25, 0.3) is 5.65 Å². The maximum atomic E-state index is 11.8. The van der Waals surface area contributed by atoms with Crippen LogP contribution < -0.4 is 4.90 Å². The first-order valence-corrected chi connectivity index (χ1v) is 7.29. The topological polar surface area (TPSA) is 83.6 Å². The summed E-state index contributed by atoms with van der Waals surface area (Å²) in [6, 6.07) is 0. The van der Waals surface area contributed by atoms with Gasteiger partial charge in [-0.3, -0.25) is 9.20 Å². The van der Waals surface area contributed by atoms with E-state index in [1.165, 1.54) is 0 Å². The predicted octanol–water partition coefficient (Wildman–Crippen LogP) is 1.60. The molecule has 0 aliphatic carbocycles. The van der Waals surface area contributed by atoms with Crippen LogP contribution in [0.4, 0.5) is 5.82 Å². The smallest absolute Gasteiger partial charge is 0.311 e. The first-order valence-electron chi connectivity index (χ1n) is 7.29. The van der Waals surface area contributed by atoms with Gasteiger partial charge in [-0.25, -0.2) is 4.98 Å². The summed E-state index contributed by atoms with van der Waals surface area (Å²) < 4.78 is 1.80. The van der Waals surface area contributed by atoms with Crippen LogP contribution in [0, 0.1) is 5.41 Å². The highest BCUT2D eigenvalue weighted by Crippen LogP contribution is 2.37. The van der Waals surface area contributed by atoms with Crippen molar-refractivity contribution >= 4 is 17.4 Å². The SMILES string of the molecule is CCCC1(C(=O)O)CCCN(c2nccn3cnnc23)C1. The van der Waals surface area contributed by atoms with Gasteiger partial charge in [0.1, 0.15) is 6.33 Å². The van der Waals surface area contributed by atoms with Crippen molar-refractivity contribution in [3.63, 3.8) is 0 Å². The van der Waals surface area contributed by atoms with Crippen LogP contribution in [0.15, 0.2) is 18.7 Å². The molecular weight excluding hydrogens is 270 g/mol. The molecule has 0 bridgehead atoms. The Labute approximate surface area is 122 Å². The van der Waals surface area contributed by atoms with E-state index in [1.807, 2.05) is 11.8 Å². The van der Waals surface area contributed by atoms with Gasteiger partial charge in [0.25, 0.3) is 0 Å². The van der Waals surface area contributed by atoms with Gasteiger partial charge >= 0.3 is 5.97 Å². The number of piperidine rings is 1. The van der Waals surface area contributed by atoms with E-state index in [2.05, 4.69) is 15.2 Å². The zero-order valence-electron chi connectivity index (χ0n) is 12.1. The number of anilines is 1. The minimum absolute atomic E-state index is 0.482.